The molecule has 3 nitrogen and oxygen atoms in total. The van der Waals surface area contributed by atoms with Crippen molar-refractivity contribution in [2.24, 2.45) is 0 Å². The highest BCUT2D eigenvalue weighted by Crippen LogP contribution is 1.97. The summed E-state index contributed by atoms with van der Waals surface area (Å²) in [6, 6.07) is 0. The molecular formula is C8H16O3Si. The summed E-state index contributed by atoms with van der Waals surface area (Å²) < 4.78 is 15.7. The number of allylic oxidation sites excluding steroid dienone is 1. The van der Waals surface area contributed by atoms with E-state index in [1.54, 1.807) is 0 Å². The van der Waals surface area contributed by atoms with Crippen LogP contribution in [0.1, 0.15) is 20.8 Å². The molecule has 0 heterocycles. The molecule has 0 aliphatic heterocycles. The maximum atomic E-state index is 5.26. The zero-order valence-electron chi connectivity index (χ0n) is 7.92. The van der Waals surface area contributed by atoms with Gasteiger partial charge in [-0.1, -0.05) is 6.58 Å². The quantitative estimate of drug-likeness (QED) is 0.344. The Kier molecular flexibility index (Phi) is 7.14. The summed E-state index contributed by atoms with van der Waals surface area (Å²) in [7, 11) is 0.173. The molecule has 0 aliphatic carbocycles. The number of ether oxygens (including phenoxy) is 2. The van der Waals surface area contributed by atoms with Crippen molar-refractivity contribution in [3.8, 4) is 0 Å². The van der Waals surface area contributed by atoms with E-state index >= 15 is 0 Å². The van der Waals surface area contributed by atoms with Gasteiger partial charge < -0.3 is 13.9 Å². The van der Waals surface area contributed by atoms with Crippen LogP contribution in [0, 0.1) is 0 Å². The van der Waals surface area contributed by atoms with Gasteiger partial charge in [0.25, 0.3) is 0 Å². The molecule has 0 unspecified atom stereocenters. The molecule has 12 heavy (non-hydrogen) atoms. The van der Waals surface area contributed by atoms with Crippen LogP contribution in [-0.4, -0.2) is 28.9 Å². The lowest BCUT2D eigenvalue weighted by atomic mass is 10.7. The lowest BCUT2D eigenvalue weighted by Crippen LogP contribution is -2.26. The Morgan fingerprint density at radius 1 is 1.33 bits per heavy atom. The van der Waals surface area contributed by atoms with Crippen LogP contribution in [0.4, 0.5) is 0 Å². The SMILES string of the molecule is C=C(C)O[Si]C(OCC)OCC. The standard InChI is InChI=1S/C8H16O3Si/c1-5-9-8(10-6-2)12-11-7(3)4/h8H,3,5-6H2,1-2,4H3. The third kappa shape index (κ3) is 6.39. The van der Waals surface area contributed by atoms with Gasteiger partial charge in [-0.2, -0.15) is 0 Å². The third-order valence-corrected chi connectivity index (χ3v) is 1.96. The molecule has 0 atom stereocenters. The first-order valence-corrected chi connectivity index (χ1v) is 5.00. The summed E-state index contributed by atoms with van der Waals surface area (Å²) in [6.45, 7) is 10.6. The zero-order chi connectivity index (χ0) is 9.40. The van der Waals surface area contributed by atoms with E-state index in [9.17, 15) is 0 Å². The molecule has 4 heteroatoms. The molecule has 0 amide bonds. The van der Waals surface area contributed by atoms with E-state index in [0.717, 1.165) is 0 Å². The number of rotatable bonds is 7. The maximum absolute atomic E-state index is 5.26. The lowest BCUT2D eigenvalue weighted by molar-refractivity contribution is -0.0885. The van der Waals surface area contributed by atoms with E-state index < -0.39 is 0 Å². The van der Waals surface area contributed by atoms with E-state index in [0.29, 0.717) is 19.0 Å². The van der Waals surface area contributed by atoms with Crippen LogP contribution < -0.4 is 0 Å². The Morgan fingerprint density at radius 2 is 1.83 bits per heavy atom. The maximum Gasteiger partial charge on any atom is 0.376 e. The van der Waals surface area contributed by atoms with Gasteiger partial charge >= 0.3 is 9.76 Å². The van der Waals surface area contributed by atoms with Crippen molar-refractivity contribution in [2.45, 2.75) is 26.7 Å². The van der Waals surface area contributed by atoms with Crippen LogP contribution >= 0.6 is 0 Å². The van der Waals surface area contributed by atoms with Gasteiger partial charge in [0.2, 0.25) is 0 Å². The molecule has 0 aromatic heterocycles. The van der Waals surface area contributed by atoms with E-state index in [2.05, 4.69) is 6.58 Å². The second-order valence-corrected chi connectivity index (χ2v) is 3.08. The molecule has 2 radical (unpaired) electrons. The summed E-state index contributed by atoms with van der Waals surface area (Å²) >= 11 is 0. The van der Waals surface area contributed by atoms with Crippen LogP contribution in [0.25, 0.3) is 0 Å². The van der Waals surface area contributed by atoms with Crippen molar-refractivity contribution in [1.29, 1.82) is 0 Å². The molecule has 0 aromatic rings. The predicted octanol–water partition coefficient (Wildman–Crippen LogP) is 1.51. The minimum Gasteiger partial charge on any atom is -0.540 e. The lowest BCUT2D eigenvalue weighted by Gasteiger charge is -2.15. The molecule has 0 aromatic carbocycles. The normalized spacial score (nSPS) is 10.3. The van der Waals surface area contributed by atoms with Gasteiger partial charge in [-0.25, -0.2) is 0 Å². The number of hydrogen-bond donors (Lipinski definition) is 0. The molecule has 0 N–H and O–H groups in total. The number of hydrogen-bond acceptors (Lipinski definition) is 3. The summed E-state index contributed by atoms with van der Waals surface area (Å²) in [6.07, 6.45) is 0. The zero-order valence-corrected chi connectivity index (χ0v) is 8.92. The molecule has 0 bridgehead atoms. The molecule has 70 valence electrons. The molecule has 0 saturated heterocycles. The van der Waals surface area contributed by atoms with Crippen LogP contribution in [0.15, 0.2) is 12.3 Å². The van der Waals surface area contributed by atoms with Gasteiger partial charge in [0.05, 0.1) is 5.76 Å². The van der Waals surface area contributed by atoms with Gasteiger partial charge in [0.15, 0.2) is 5.91 Å². The average molecular weight is 188 g/mol. The van der Waals surface area contributed by atoms with Crippen molar-refractivity contribution in [3.63, 3.8) is 0 Å². The fraction of sp³-hybridized carbons (Fsp3) is 0.750. The molecule has 0 aliphatic rings. The van der Waals surface area contributed by atoms with E-state index in [-0.39, 0.29) is 15.7 Å². The largest absolute Gasteiger partial charge is 0.540 e. The second kappa shape index (κ2) is 7.33. The predicted molar refractivity (Wildman–Crippen MR) is 48.7 cm³/mol. The molecule has 0 rings (SSSR count). The van der Waals surface area contributed by atoms with Gasteiger partial charge in [-0.05, 0) is 20.8 Å². The summed E-state index contributed by atoms with van der Waals surface area (Å²) in [5, 5.41) is 0. The Morgan fingerprint density at radius 3 is 2.17 bits per heavy atom. The van der Waals surface area contributed by atoms with Crippen molar-refractivity contribution in [3.05, 3.63) is 12.3 Å². The third-order valence-electron chi connectivity index (χ3n) is 0.965. The van der Waals surface area contributed by atoms with Crippen molar-refractivity contribution >= 4 is 9.76 Å². The van der Waals surface area contributed by atoms with E-state index in [1.807, 2.05) is 20.8 Å². The monoisotopic (exact) mass is 188 g/mol. The topological polar surface area (TPSA) is 27.7 Å². The van der Waals surface area contributed by atoms with Crippen LogP contribution in [-0.2, 0) is 13.9 Å². The molecular weight excluding hydrogens is 172 g/mol. The first kappa shape index (κ1) is 11.7. The van der Waals surface area contributed by atoms with Gasteiger partial charge in [0, 0.05) is 13.2 Å². The fourth-order valence-corrected chi connectivity index (χ4v) is 1.33. The molecule has 0 fully saturated rings. The summed E-state index contributed by atoms with van der Waals surface area (Å²) in [5.74, 6) is 0.453. The average Bonchev–Trinajstić information content (AvgIpc) is 2.01. The van der Waals surface area contributed by atoms with Crippen molar-refractivity contribution < 1.29 is 13.9 Å². The molecule has 0 spiro atoms. The second-order valence-electron chi connectivity index (χ2n) is 2.16. The minimum atomic E-state index is -0.239. The van der Waals surface area contributed by atoms with E-state index in [4.69, 9.17) is 13.9 Å². The van der Waals surface area contributed by atoms with E-state index in [1.165, 1.54) is 0 Å². The highest BCUT2D eigenvalue weighted by Gasteiger charge is 2.11. The first-order valence-electron chi connectivity index (χ1n) is 4.01. The van der Waals surface area contributed by atoms with Gasteiger partial charge in [-0.3, -0.25) is 0 Å². The van der Waals surface area contributed by atoms with Gasteiger partial charge in [0.1, 0.15) is 0 Å². The highest BCUT2D eigenvalue weighted by molar-refractivity contribution is 6.28. The first-order chi connectivity index (χ1) is 5.70. The molecule has 0 saturated carbocycles. The Labute approximate surface area is 76.6 Å². The fourth-order valence-electron chi connectivity index (χ4n) is 0.568. The Hall–Kier alpha value is -0.323. The summed E-state index contributed by atoms with van der Waals surface area (Å²) in [5.41, 5.74) is 0. The summed E-state index contributed by atoms with van der Waals surface area (Å²) in [4.78, 5) is 0. The Bertz CT molecular complexity index is 121. The van der Waals surface area contributed by atoms with Crippen LogP contribution in [0.2, 0.25) is 0 Å². The van der Waals surface area contributed by atoms with Crippen molar-refractivity contribution in [2.75, 3.05) is 13.2 Å². The Balaban J connectivity index is 3.54. The van der Waals surface area contributed by atoms with Crippen molar-refractivity contribution in [1.82, 2.24) is 0 Å². The highest BCUT2D eigenvalue weighted by atomic mass is 28.2. The minimum absolute atomic E-state index is 0.173. The van der Waals surface area contributed by atoms with Crippen LogP contribution in [0.3, 0.4) is 0 Å². The van der Waals surface area contributed by atoms with Crippen LogP contribution in [0.5, 0.6) is 0 Å². The van der Waals surface area contributed by atoms with Gasteiger partial charge in [-0.15, -0.1) is 0 Å². The smallest absolute Gasteiger partial charge is 0.376 e.